The van der Waals surface area contributed by atoms with Crippen molar-refractivity contribution in [1.29, 1.82) is 0 Å². The number of halogens is 1. The third-order valence-electron chi connectivity index (χ3n) is 4.12. The van der Waals surface area contributed by atoms with E-state index in [4.69, 9.17) is 11.6 Å². The fraction of sp³-hybridized carbons (Fsp3) is 0.769. The molecule has 96 valence electrons. The quantitative estimate of drug-likeness (QED) is 0.877. The molecular formula is C13H22ClN3. The largest absolute Gasteiger partial charge is 0.306 e. The van der Waals surface area contributed by atoms with Gasteiger partial charge in [-0.1, -0.05) is 25.4 Å². The van der Waals surface area contributed by atoms with Gasteiger partial charge in [-0.3, -0.25) is 4.68 Å². The standard InChI is InChI=1S/C13H22ClN3/c1-4-10-12(14)11(17(3)16-10)9-15-13(5-2)7-6-8-13/h15H,4-9H2,1-3H3. The fourth-order valence-electron chi connectivity index (χ4n) is 2.54. The number of aryl methyl sites for hydroxylation is 2. The highest BCUT2D eigenvalue weighted by Gasteiger charge is 2.34. The lowest BCUT2D eigenvalue weighted by atomic mass is 9.75. The molecule has 1 heterocycles. The van der Waals surface area contributed by atoms with Gasteiger partial charge in [0.1, 0.15) is 0 Å². The minimum Gasteiger partial charge on any atom is -0.306 e. The Labute approximate surface area is 109 Å². The van der Waals surface area contributed by atoms with Gasteiger partial charge in [-0.2, -0.15) is 5.10 Å². The van der Waals surface area contributed by atoms with Crippen molar-refractivity contribution < 1.29 is 0 Å². The first kappa shape index (κ1) is 12.9. The van der Waals surface area contributed by atoms with Gasteiger partial charge in [-0.25, -0.2) is 0 Å². The summed E-state index contributed by atoms with van der Waals surface area (Å²) in [5.41, 5.74) is 2.48. The van der Waals surface area contributed by atoms with Crippen molar-refractivity contribution in [2.24, 2.45) is 7.05 Å². The molecule has 0 aliphatic heterocycles. The Kier molecular flexibility index (Phi) is 3.79. The molecule has 4 heteroatoms. The second kappa shape index (κ2) is 4.99. The summed E-state index contributed by atoms with van der Waals surface area (Å²) in [5, 5.41) is 8.96. The van der Waals surface area contributed by atoms with Crippen molar-refractivity contribution in [1.82, 2.24) is 15.1 Å². The van der Waals surface area contributed by atoms with Crippen LogP contribution in [0.2, 0.25) is 5.02 Å². The summed E-state index contributed by atoms with van der Waals surface area (Å²) in [5.74, 6) is 0. The second-order valence-electron chi connectivity index (χ2n) is 5.03. The minimum atomic E-state index is 0.361. The Balaban J connectivity index is 2.06. The molecule has 1 aliphatic rings. The summed E-state index contributed by atoms with van der Waals surface area (Å²) in [6.07, 6.45) is 6.02. The van der Waals surface area contributed by atoms with Crippen molar-refractivity contribution in [2.75, 3.05) is 0 Å². The van der Waals surface area contributed by atoms with Gasteiger partial charge in [-0.05, 0) is 32.1 Å². The van der Waals surface area contributed by atoms with Crippen molar-refractivity contribution in [2.45, 2.75) is 58.0 Å². The Morgan fingerprint density at radius 1 is 1.41 bits per heavy atom. The first-order valence-corrected chi connectivity index (χ1v) is 6.95. The molecule has 0 unspecified atom stereocenters. The number of aromatic nitrogens is 2. The zero-order chi connectivity index (χ0) is 12.5. The molecule has 1 fully saturated rings. The van der Waals surface area contributed by atoms with Gasteiger partial charge in [0.15, 0.2) is 0 Å². The molecule has 1 aliphatic carbocycles. The van der Waals surface area contributed by atoms with Crippen LogP contribution in [0.4, 0.5) is 0 Å². The average molecular weight is 256 g/mol. The van der Waals surface area contributed by atoms with Gasteiger partial charge in [0.05, 0.1) is 16.4 Å². The molecular weight excluding hydrogens is 234 g/mol. The van der Waals surface area contributed by atoms with Gasteiger partial charge in [0.25, 0.3) is 0 Å². The Morgan fingerprint density at radius 2 is 2.12 bits per heavy atom. The first-order valence-electron chi connectivity index (χ1n) is 6.57. The van der Waals surface area contributed by atoms with E-state index in [0.29, 0.717) is 5.54 Å². The van der Waals surface area contributed by atoms with Crippen LogP contribution >= 0.6 is 11.6 Å². The van der Waals surface area contributed by atoms with E-state index in [1.165, 1.54) is 25.7 Å². The van der Waals surface area contributed by atoms with Crippen LogP contribution in [0.1, 0.15) is 50.9 Å². The van der Waals surface area contributed by atoms with Crippen LogP contribution in [0.25, 0.3) is 0 Å². The number of nitrogens with zero attached hydrogens (tertiary/aromatic N) is 2. The molecule has 2 rings (SSSR count). The minimum absolute atomic E-state index is 0.361. The molecule has 1 saturated carbocycles. The lowest BCUT2D eigenvalue weighted by molar-refractivity contribution is 0.174. The van der Waals surface area contributed by atoms with E-state index >= 15 is 0 Å². The SMILES string of the molecule is CCc1nn(C)c(CNC2(CC)CCC2)c1Cl. The Hall–Kier alpha value is -0.540. The van der Waals surface area contributed by atoms with Gasteiger partial charge < -0.3 is 5.32 Å². The predicted octanol–water partition coefficient (Wildman–Crippen LogP) is 3.06. The first-order chi connectivity index (χ1) is 8.12. The summed E-state index contributed by atoms with van der Waals surface area (Å²) in [4.78, 5) is 0. The third-order valence-corrected chi connectivity index (χ3v) is 4.56. The molecule has 1 aromatic rings. The van der Waals surface area contributed by atoms with E-state index in [0.717, 1.165) is 29.4 Å². The van der Waals surface area contributed by atoms with Crippen LogP contribution in [0.5, 0.6) is 0 Å². The molecule has 0 aromatic carbocycles. The van der Waals surface area contributed by atoms with Gasteiger partial charge in [-0.15, -0.1) is 0 Å². The highest BCUT2D eigenvalue weighted by molar-refractivity contribution is 6.31. The number of hydrogen-bond acceptors (Lipinski definition) is 2. The molecule has 0 bridgehead atoms. The zero-order valence-corrected chi connectivity index (χ0v) is 11.8. The van der Waals surface area contributed by atoms with Crippen LogP contribution in [0.15, 0.2) is 0 Å². The molecule has 0 saturated heterocycles. The van der Waals surface area contributed by atoms with Crippen molar-refractivity contribution in [3.63, 3.8) is 0 Å². The van der Waals surface area contributed by atoms with Crippen molar-refractivity contribution in [3.05, 3.63) is 16.4 Å². The van der Waals surface area contributed by atoms with E-state index in [2.05, 4.69) is 24.3 Å². The van der Waals surface area contributed by atoms with Gasteiger partial charge in [0.2, 0.25) is 0 Å². The fourth-order valence-corrected chi connectivity index (χ4v) is 2.90. The van der Waals surface area contributed by atoms with Crippen molar-refractivity contribution >= 4 is 11.6 Å². The zero-order valence-electron chi connectivity index (χ0n) is 11.0. The number of hydrogen-bond donors (Lipinski definition) is 1. The smallest absolute Gasteiger partial charge is 0.0863 e. The molecule has 0 radical (unpaired) electrons. The van der Waals surface area contributed by atoms with Crippen LogP contribution < -0.4 is 5.32 Å². The molecule has 0 atom stereocenters. The molecule has 0 spiro atoms. The van der Waals surface area contributed by atoms with E-state index < -0.39 is 0 Å². The van der Waals surface area contributed by atoms with E-state index in [1.54, 1.807) is 0 Å². The highest BCUT2D eigenvalue weighted by Crippen LogP contribution is 2.35. The maximum absolute atomic E-state index is 6.34. The summed E-state index contributed by atoms with van der Waals surface area (Å²) in [7, 11) is 1.97. The number of rotatable bonds is 5. The lowest BCUT2D eigenvalue weighted by Gasteiger charge is -2.42. The van der Waals surface area contributed by atoms with Gasteiger partial charge in [0, 0.05) is 19.1 Å². The molecule has 1 aromatic heterocycles. The summed E-state index contributed by atoms with van der Waals surface area (Å²) in [6, 6.07) is 0. The van der Waals surface area contributed by atoms with E-state index in [9.17, 15) is 0 Å². The average Bonchev–Trinajstić information content (AvgIpc) is 2.54. The monoisotopic (exact) mass is 255 g/mol. The van der Waals surface area contributed by atoms with Crippen LogP contribution in [0.3, 0.4) is 0 Å². The summed E-state index contributed by atoms with van der Waals surface area (Å²) >= 11 is 6.34. The molecule has 17 heavy (non-hydrogen) atoms. The molecule has 1 N–H and O–H groups in total. The molecule has 3 nitrogen and oxygen atoms in total. The van der Waals surface area contributed by atoms with Gasteiger partial charge >= 0.3 is 0 Å². The highest BCUT2D eigenvalue weighted by atomic mass is 35.5. The lowest BCUT2D eigenvalue weighted by Crippen LogP contribution is -2.50. The Morgan fingerprint density at radius 3 is 2.53 bits per heavy atom. The maximum atomic E-state index is 6.34. The summed E-state index contributed by atoms with van der Waals surface area (Å²) in [6.45, 7) is 5.18. The van der Waals surface area contributed by atoms with Crippen LogP contribution in [0, 0.1) is 0 Å². The van der Waals surface area contributed by atoms with E-state index in [-0.39, 0.29) is 0 Å². The van der Waals surface area contributed by atoms with E-state index in [1.807, 2.05) is 11.7 Å². The van der Waals surface area contributed by atoms with Crippen molar-refractivity contribution in [3.8, 4) is 0 Å². The normalized spacial score (nSPS) is 18.1. The predicted molar refractivity (Wildman–Crippen MR) is 71.3 cm³/mol. The topological polar surface area (TPSA) is 29.9 Å². The second-order valence-corrected chi connectivity index (χ2v) is 5.40. The maximum Gasteiger partial charge on any atom is 0.0863 e. The Bertz CT molecular complexity index is 388. The third kappa shape index (κ3) is 2.36. The van der Waals surface area contributed by atoms with Crippen LogP contribution in [-0.4, -0.2) is 15.3 Å². The molecule has 0 amide bonds. The van der Waals surface area contributed by atoms with Crippen LogP contribution in [-0.2, 0) is 20.0 Å². The number of nitrogens with one attached hydrogen (secondary N) is 1. The summed E-state index contributed by atoms with van der Waals surface area (Å²) < 4.78 is 1.91.